The molecule has 0 aromatic heterocycles. The number of rotatable bonds is 0. The van der Waals surface area contributed by atoms with Crippen molar-refractivity contribution in [3.05, 3.63) is 0 Å². The maximum absolute atomic E-state index is 6.31. The molecule has 1 aliphatic heterocycles. The number of nitrogens with zero attached hydrogens (tertiary/aromatic N) is 2. The molecular formula is C12H21BN2. The average molecular weight is 204 g/mol. The Morgan fingerprint density at radius 3 is 2.93 bits per heavy atom. The Morgan fingerprint density at radius 2 is 2.20 bits per heavy atom. The van der Waals surface area contributed by atoms with Crippen LogP contribution in [0.3, 0.4) is 0 Å². The van der Waals surface area contributed by atoms with Crippen molar-refractivity contribution in [3.8, 4) is 0 Å². The van der Waals surface area contributed by atoms with Crippen LogP contribution in [0.15, 0.2) is 4.99 Å². The molecule has 0 spiro atoms. The molecule has 2 radical (unpaired) electrons. The van der Waals surface area contributed by atoms with Gasteiger partial charge >= 0.3 is 0 Å². The first-order valence-electron chi connectivity index (χ1n) is 6.06. The standard InChI is InChI=1S/C12H21BN2/c1-9-14-10-8-12(2,13)7-5-4-6-11(10)15(9)3/h10-11H,4-8H2,1-3H3. The summed E-state index contributed by atoms with van der Waals surface area (Å²) in [5.41, 5.74) is 0. The lowest BCUT2D eigenvalue weighted by Gasteiger charge is -2.35. The summed E-state index contributed by atoms with van der Waals surface area (Å²) in [6, 6.07) is 1.04. The minimum Gasteiger partial charge on any atom is -0.359 e. The molecule has 0 N–H and O–H groups in total. The zero-order chi connectivity index (χ0) is 11.1. The van der Waals surface area contributed by atoms with Gasteiger partial charge in [-0.3, -0.25) is 4.99 Å². The second-order valence-electron chi connectivity index (χ2n) is 5.53. The lowest BCUT2D eigenvalue weighted by molar-refractivity contribution is 0.271. The Hall–Kier alpha value is -0.465. The van der Waals surface area contributed by atoms with E-state index in [2.05, 4.69) is 25.8 Å². The van der Waals surface area contributed by atoms with Crippen LogP contribution >= 0.6 is 0 Å². The molecule has 3 heteroatoms. The molecule has 3 atom stereocenters. The maximum Gasteiger partial charge on any atom is 0.0962 e. The van der Waals surface area contributed by atoms with Gasteiger partial charge in [-0.15, -0.1) is 0 Å². The van der Waals surface area contributed by atoms with Gasteiger partial charge in [0.25, 0.3) is 0 Å². The second kappa shape index (κ2) is 3.84. The van der Waals surface area contributed by atoms with Crippen molar-refractivity contribution in [3.63, 3.8) is 0 Å². The molecule has 1 heterocycles. The van der Waals surface area contributed by atoms with E-state index in [0.29, 0.717) is 12.1 Å². The van der Waals surface area contributed by atoms with Crippen molar-refractivity contribution in [1.82, 2.24) is 4.90 Å². The van der Waals surface area contributed by atoms with Gasteiger partial charge in [0.15, 0.2) is 0 Å². The summed E-state index contributed by atoms with van der Waals surface area (Å²) in [6.45, 7) is 4.29. The Labute approximate surface area is 94.5 Å². The van der Waals surface area contributed by atoms with E-state index in [9.17, 15) is 0 Å². The van der Waals surface area contributed by atoms with Crippen LogP contribution in [-0.4, -0.2) is 37.7 Å². The number of aliphatic imine (C=N–C) groups is 1. The third-order valence-electron chi connectivity index (χ3n) is 3.98. The summed E-state index contributed by atoms with van der Waals surface area (Å²) in [5, 5.41) is -0.0156. The van der Waals surface area contributed by atoms with Gasteiger partial charge in [-0.1, -0.05) is 31.5 Å². The molecule has 1 aliphatic carbocycles. The van der Waals surface area contributed by atoms with Gasteiger partial charge in [-0.25, -0.2) is 0 Å². The highest BCUT2D eigenvalue weighted by Gasteiger charge is 2.36. The molecule has 3 unspecified atom stereocenters. The third kappa shape index (κ3) is 2.21. The average Bonchev–Trinajstić information content (AvgIpc) is 2.35. The summed E-state index contributed by atoms with van der Waals surface area (Å²) in [7, 11) is 8.47. The number of fused-ring (bicyclic) bond motifs is 1. The molecule has 0 amide bonds. The zero-order valence-corrected chi connectivity index (χ0v) is 10.2. The summed E-state index contributed by atoms with van der Waals surface area (Å²) in [4.78, 5) is 7.09. The Balaban J connectivity index is 2.15. The Bertz CT molecular complexity index is 273. The van der Waals surface area contributed by atoms with Crippen LogP contribution < -0.4 is 0 Å². The minimum absolute atomic E-state index is 0.0156. The fourth-order valence-corrected chi connectivity index (χ4v) is 2.95. The van der Waals surface area contributed by atoms with Crippen molar-refractivity contribution in [2.75, 3.05) is 7.05 Å². The van der Waals surface area contributed by atoms with Gasteiger partial charge in [0, 0.05) is 7.05 Å². The fourth-order valence-electron chi connectivity index (χ4n) is 2.95. The molecule has 1 saturated carbocycles. The quantitative estimate of drug-likeness (QED) is 0.553. The molecule has 0 saturated heterocycles. The van der Waals surface area contributed by atoms with E-state index in [1.807, 2.05) is 0 Å². The summed E-state index contributed by atoms with van der Waals surface area (Å²) in [5.74, 6) is 1.18. The molecule has 0 bridgehead atoms. The molecule has 0 aromatic rings. The minimum atomic E-state index is -0.0156. The van der Waals surface area contributed by atoms with Crippen LogP contribution in [0.4, 0.5) is 0 Å². The largest absolute Gasteiger partial charge is 0.359 e. The van der Waals surface area contributed by atoms with E-state index in [0.717, 1.165) is 12.8 Å². The van der Waals surface area contributed by atoms with Gasteiger partial charge in [0.1, 0.15) is 0 Å². The van der Waals surface area contributed by atoms with E-state index in [4.69, 9.17) is 12.8 Å². The molecule has 82 valence electrons. The van der Waals surface area contributed by atoms with Crippen molar-refractivity contribution < 1.29 is 0 Å². The van der Waals surface area contributed by atoms with Crippen LogP contribution in [0.25, 0.3) is 0 Å². The van der Waals surface area contributed by atoms with E-state index >= 15 is 0 Å². The molecule has 0 aromatic carbocycles. The zero-order valence-electron chi connectivity index (χ0n) is 10.2. The summed E-state index contributed by atoms with van der Waals surface area (Å²) < 4.78 is 0. The van der Waals surface area contributed by atoms with E-state index in [1.54, 1.807) is 0 Å². The monoisotopic (exact) mass is 204 g/mol. The highest BCUT2D eigenvalue weighted by Crippen LogP contribution is 2.40. The smallest absolute Gasteiger partial charge is 0.0962 e. The second-order valence-corrected chi connectivity index (χ2v) is 5.53. The van der Waals surface area contributed by atoms with Gasteiger partial charge in [-0.2, -0.15) is 0 Å². The van der Waals surface area contributed by atoms with Crippen LogP contribution in [0.5, 0.6) is 0 Å². The number of likely N-dealkylation sites (N-methyl/N-ethyl adjacent to an activating group) is 1. The predicted octanol–water partition coefficient (Wildman–Crippen LogP) is 2.40. The van der Waals surface area contributed by atoms with Gasteiger partial charge in [0.05, 0.1) is 25.8 Å². The van der Waals surface area contributed by atoms with Crippen molar-refractivity contribution >= 4 is 13.7 Å². The van der Waals surface area contributed by atoms with Gasteiger partial charge < -0.3 is 4.90 Å². The molecule has 2 rings (SSSR count). The van der Waals surface area contributed by atoms with Crippen LogP contribution in [0.2, 0.25) is 5.31 Å². The highest BCUT2D eigenvalue weighted by atomic mass is 15.3. The SMILES string of the molecule is [B]C1(C)CCCCC2C(C1)N=C(C)N2C. The Morgan fingerprint density at radius 1 is 1.47 bits per heavy atom. The van der Waals surface area contributed by atoms with Crippen molar-refractivity contribution in [1.29, 1.82) is 0 Å². The van der Waals surface area contributed by atoms with Gasteiger partial charge in [-0.05, 0) is 19.8 Å². The predicted molar refractivity (Wildman–Crippen MR) is 65.7 cm³/mol. The normalized spacial score (nSPS) is 41.8. The molecule has 2 nitrogen and oxygen atoms in total. The maximum atomic E-state index is 6.31. The van der Waals surface area contributed by atoms with Crippen molar-refractivity contribution in [2.45, 2.75) is 63.3 Å². The van der Waals surface area contributed by atoms with Crippen LogP contribution in [0.1, 0.15) is 46.0 Å². The first kappa shape index (κ1) is 11.0. The van der Waals surface area contributed by atoms with Crippen molar-refractivity contribution in [2.24, 2.45) is 4.99 Å². The van der Waals surface area contributed by atoms with E-state index in [-0.39, 0.29) is 5.31 Å². The molecular weight excluding hydrogens is 183 g/mol. The highest BCUT2D eigenvalue weighted by molar-refractivity contribution is 6.14. The third-order valence-corrected chi connectivity index (χ3v) is 3.98. The topological polar surface area (TPSA) is 15.6 Å². The molecule has 2 aliphatic rings. The Kier molecular flexibility index (Phi) is 2.82. The van der Waals surface area contributed by atoms with Crippen LogP contribution in [-0.2, 0) is 0 Å². The lowest BCUT2D eigenvalue weighted by Crippen LogP contribution is -2.38. The van der Waals surface area contributed by atoms with E-state index in [1.165, 1.54) is 25.1 Å². The summed E-state index contributed by atoms with van der Waals surface area (Å²) >= 11 is 0. The fraction of sp³-hybridized carbons (Fsp3) is 0.917. The van der Waals surface area contributed by atoms with Crippen LogP contribution in [0, 0.1) is 0 Å². The number of amidine groups is 1. The number of hydrogen-bond acceptors (Lipinski definition) is 2. The lowest BCUT2D eigenvalue weighted by atomic mass is 9.62. The van der Waals surface area contributed by atoms with E-state index < -0.39 is 0 Å². The number of hydrogen-bond donors (Lipinski definition) is 0. The summed E-state index contributed by atoms with van der Waals surface area (Å²) in [6.07, 6.45) is 6.02. The molecule has 15 heavy (non-hydrogen) atoms. The van der Waals surface area contributed by atoms with Gasteiger partial charge in [0.2, 0.25) is 0 Å². The first-order valence-corrected chi connectivity index (χ1v) is 6.06. The first-order chi connectivity index (χ1) is 6.99. The molecule has 1 fully saturated rings.